The van der Waals surface area contributed by atoms with E-state index in [4.69, 9.17) is 18.9 Å². The van der Waals surface area contributed by atoms with Gasteiger partial charge in [-0.15, -0.1) is 5.11 Å². The van der Waals surface area contributed by atoms with E-state index in [0.29, 0.717) is 22.9 Å². The van der Waals surface area contributed by atoms with Gasteiger partial charge in [0, 0.05) is 66.8 Å². The molecule has 0 aromatic heterocycles. The number of rotatable bonds is 31. The standard InChI is InChI=1S/C45H62N6O8/c1-6-10-12-14-16-18-26-50(27-19-17-15-13-11-7-2)38-24-25-39(35(5)32-38)47-49-41-34-42(56-28-30-58-44(52)8-3)40(33-43(41)57-29-31-59-45(53)9-4)48-46-36-20-22-37(23-21-36)51(54)55/h8-9,20-25,32-34,47,49H,3-4,6-7,10-19,26-31H2,1-2,5H3/p+1. The first kappa shape index (κ1) is 47.6. The number of anilines is 2. The molecule has 3 rings (SSSR count). The minimum atomic E-state index is -0.584. The van der Waals surface area contributed by atoms with Crippen molar-refractivity contribution >= 4 is 46.1 Å². The van der Waals surface area contributed by atoms with Crippen molar-refractivity contribution in [1.29, 1.82) is 0 Å². The predicted molar refractivity (Wildman–Crippen MR) is 232 cm³/mol. The van der Waals surface area contributed by atoms with Crippen LogP contribution in [0.4, 0.5) is 34.1 Å². The molecule has 0 aliphatic carbocycles. The van der Waals surface area contributed by atoms with E-state index in [0.717, 1.165) is 36.5 Å². The predicted octanol–water partition coefficient (Wildman–Crippen LogP) is 10.3. The molecule has 0 radical (unpaired) electrons. The fourth-order valence-corrected chi connectivity index (χ4v) is 6.14. The third-order valence-electron chi connectivity index (χ3n) is 9.46. The number of carbonyl (C=O) groups excluding carboxylic acids is 2. The lowest BCUT2D eigenvalue weighted by Gasteiger charge is -2.26. The van der Waals surface area contributed by atoms with Crippen molar-refractivity contribution in [1.82, 2.24) is 0 Å². The van der Waals surface area contributed by atoms with Crippen LogP contribution in [0.2, 0.25) is 0 Å². The fraction of sp³-hybridized carbons (Fsp3) is 0.467. The number of azo groups is 1. The number of nitrogens with one attached hydrogen (secondary N) is 1. The molecule has 14 nitrogen and oxygen atoms in total. The van der Waals surface area contributed by atoms with Crippen LogP contribution in [0.15, 0.2) is 90.1 Å². The number of aryl methyl sites for hydroxylation is 1. The lowest BCUT2D eigenvalue weighted by Crippen LogP contribution is -2.83. The molecule has 0 bridgehead atoms. The number of benzene rings is 3. The number of unbranched alkanes of at least 4 members (excludes halogenated alkanes) is 10. The fourth-order valence-electron chi connectivity index (χ4n) is 6.14. The molecule has 0 saturated heterocycles. The number of non-ortho nitro benzene ring substituents is 1. The van der Waals surface area contributed by atoms with E-state index in [-0.39, 0.29) is 37.8 Å². The SMILES string of the molecule is C=CC(=O)OCCOc1cc(N[NH2+]c2ccc(N(CCCCCCCC)CCCCCCCC)cc2C)c(OCCOC(=O)C=C)cc1N=Nc1ccc([N+](=O)[O-])cc1. The Morgan fingerprint density at radius 3 is 1.85 bits per heavy atom. The van der Waals surface area contributed by atoms with Crippen LogP contribution in [0, 0.1) is 17.0 Å². The number of ether oxygens (including phenoxy) is 4. The van der Waals surface area contributed by atoms with Crippen LogP contribution in [0.5, 0.6) is 11.5 Å². The highest BCUT2D eigenvalue weighted by molar-refractivity contribution is 5.81. The normalized spacial score (nSPS) is 10.9. The highest BCUT2D eigenvalue weighted by atomic mass is 16.6. The lowest BCUT2D eigenvalue weighted by molar-refractivity contribution is -0.539. The largest absolute Gasteiger partial charge is 0.488 e. The quantitative estimate of drug-likeness (QED) is 0.00931. The van der Waals surface area contributed by atoms with Gasteiger partial charge in [0.05, 0.1) is 10.6 Å². The molecular weight excluding hydrogens is 753 g/mol. The maximum atomic E-state index is 11.7. The zero-order valence-electron chi connectivity index (χ0n) is 35.1. The van der Waals surface area contributed by atoms with Crippen molar-refractivity contribution in [2.75, 3.05) is 49.8 Å². The smallest absolute Gasteiger partial charge is 0.330 e. The average Bonchev–Trinajstić information content (AvgIpc) is 3.24. The number of esters is 2. The number of nitro groups is 1. The molecule has 0 amide bonds. The summed E-state index contributed by atoms with van der Waals surface area (Å²) in [7, 11) is 0. The molecular formula is C45H63N6O8+. The Labute approximate surface area is 349 Å². The minimum absolute atomic E-state index is 0.00492. The van der Waals surface area contributed by atoms with E-state index in [1.165, 1.54) is 107 Å². The Bertz CT molecular complexity index is 1780. The van der Waals surface area contributed by atoms with Crippen LogP contribution in [-0.4, -0.2) is 56.4 Å². The molecule has 3 aromatic carbocycles. The molecule has 14 heteroatoms. The summed E-state index contributed by atoms with van der Waals surface area (Å²) in [5.74, 6) is -0.509. The molecule has 0 aliphatic rings. The van der Waals surface area contributed by atoms with Crippen molar-refractivity contribution in [2.24, 2.45) is 10.2 Å². The van der Waals surface area contributed by atoms with Crippen molar-refractivity contribution in [2.45, 2.75) is 97.8 Å². The molecule has 0 heterocycles. The Kier molecular flexibility index (Phi) is 22.4. The van der Waals surface area contributed by atoms with Gasteiger partial charge < -0.3 is 23.8 Å². The van der Waals surface area contributed by atoms with Crippen molar-refractivity contribution < 1.29 is 38.9 Å². The van der Waals surface area contributed by atoms with Crippen LogP contribution in [0.1, 0.15) is 96.5 Å². The number of hydrogen-bond acceptors (Lipinski definition) is 12. The highest BCUT2D eigenvalue weighted by Crippen LogP contribution is 2.39. The molecule has 3 aromatic rings. The summed E-state index contributed by atoms with van der Waals surface area (Å²) in [6.45, 7) is 15.4. The molecule has 0 atom stereocenters. The summed E-state index contributed by atoms with van der Waals surface area (Å²) >= 11 is 0. The Balaban J connectivity index is 1.88. The van der Waals surface area contributed by atoms with Crippen LogP contribution in [0.25, 0.3) is 0 Å². The van der Waals surface area contributed by atoms with Crippen LogP contribution in [-0.2, 0) is 19.1 Å². The van der Waals surface area contributed by atoms with Gasteiger partial charge in [0.15, 0.2) is 5.69 Å². The Morgan fingerprint density at radius 2 is 1.31 bits per heavy atom. The van der Waals surface area contributed by atoms with Crippen LogP contribution >= 0.6 is 0 Å². The molecule has 0 spiro atoms. The maximum Gasteiger partial charge on any atom is 0.330 e. The first-order chi connectivity index (χ1) is 28.7. The highest BCUT2D eigenvalue weighted by Gasteiger charge is 2.17. The molecule has 0 aliphatic heterocycles. The monoisotopic (exact) mass is 815 g/mol. The van der Waals surface area contributed by atoms with Crippen molar-refractivity contribution in [3.05, 3.63) is 95.6 Å². The van der Waals surface area contributed by atoms with E-state index in [1.807, 2.05) is 5.43 Å². The average molecular weight is 816 g/mol. The van der Waals surface area contributed by atoms with Gasteiger partial charge in [0.2, 0.25) is 0 Å². The number of carbonyl (C=O) groups is 2. The van der Waals surface area contributed by atoms with Crippen LogP contribution in [0.3, 0.4) is 0 Å². The summed E-state index contributed by atoms with van der Waals surface area (Å²) in [5, 5.41) is 19.8. The minimum Gasteiger partial charge on any atom is -0.488 e. The summed E-state index contributed by atoms with van der Waals surface area (Å²) < 4.78 is 22.3. The second-order valence-electron chi connectivity index (χ2n) is 14.1. The van der Waals surface area contributed by atoms with Crippen molar-refractivity contribution in [3.8, 4) is 11.5 Å². The summed E-state index contributed by atoms with van der Waals surface area (Å²) in [4.78, 5) is 36.5. The van der Waals surface area contributed by atoms with Gasteiger partial charge in [0.25, 0.3) is 5.69 Å². The van der Waals surface area contributed by atoms with E-state index < -0.39 is 16.9 Å². The van der Waals surface area contributed by atoms with E-state index in [2.05, 4.69) is 72.7 Å². The number of nitro benzene ring substituents is 1. The first-order valence-corrected chi connectivity index (χ1v) is 20.8. The van der Waals surface area contributed by atoms with E-state index in [1.54, 1.807) is 12.1 Å². The molecule has 0 fully saturated rings. The molecule has 3 N–H and O–H groups in total. The molecule has 59 heavy (non-hydrogen) atoms. The zero-order chi connectivity index (χ0) is 42.7. The first-order valence-electron chi connectivity index (χ1n) is 20.8. The number of quaternary nitrogens is 1. The van der Waals surface area contributed by atoms with Crippen molar-refractivity contribution in [3.63, 3.8) is 0 Å². The third kappa shape index (κ3) is 18.1. The van der Waals surface area contributed by atoms with E-state index >= 15 is 0 Å². The Morgan fingerprint density at radius 1 is 0.746 bits per heavy atom. The lowest BCUT2D eigenvalue weighted by atomic mass is 10.1. The van der Waals surface area contributed by atoms with Gasteiger partial charge in [-0.25, -0.2) is 20.4 Å². The van der Waals surface area contributed by atoms with Gasteiger partial charge >= 0.3 is 11.9 Å². The van der Waals surface area contributed by atoms with Gasteiger partial charge in [0.1, 0.15) is 49.3 Å². The summed E-state index contributed by atoms with van der Waals surface area (Å²) in [6, 6.07) is 15.5. The van der Waals surface area contributed by atoms with Gasteiger partial charge in [-0.2, -0.15) is 5.11 Å². The Hall–Kier alpha value is -5.76. The number of nitrogen functional groups attached to an aromatic ring is 1. The molecule has 0 saturated carbocycles. The number of nitrogens with zero attached hydrogens (tertiary/aromatic N) is 4. The second-order valence-corrected chi connectivity index (χ2v) is 14.1. The molecule has 320 valence electrons. The topological polar surface area (TPSA) is 171 Å². The van der Waals surface area contributed by atoms with Crippen LogP contribution < -0.4 is 25.2 Å². The maximum absolute atomic E-state index is 11.7. The second kappa shape index (κ2) is 27.8. The third-order valence-corrected chi connectivity index (χ3v) is 9.46. The number of nitrogens with two attached hydrogens (primary N) is 1. The van der Waals surface area contributed by atoms with E-state index in [9.17, 15) is 19.7 Å². The number of hydrogen-bond donors (Lipinski definition) is 2. The summed E-state index contributed by atoms with van der Waals surface area (Å²) in [5.41, 5.74) is 9.61. The summed E-state index contributed by atoms with van der Waals surface area (Å²) in [6.07, 6.45) is 17.2. The van der Waals surface area contributed by atoms with Gasteiger partial charge in [-0.3, -0.25) is 10.1 Å². The zero-order valence-corrected chi connectivity index (χ0v) is 35.1. The van der Waals surface area contributed by atoms with Gasteiger partial charge in [-0.05, 0) is 44.0 Å². The van der Waals surface area contributed by atoms with Gasteiger partial charge in [-0.1, -0.05) is 91.2 Å². The molecule has 0 unspecified atom stereocenters.